The highest BCUT2D eigenvalue weighted by molar-refractivity contribution is 8.26. The quantitative estimate of drug-likeness (QED) is 0.314. The van der Waals surface area contributed by atoms with Crippen molar-refractivity contribution >= 4 is 51.7 Å². The van der Waals surface area contributed by atoms with Crippen LogP contribution in [0.3, 0.4) is 0 Å². The summed E-state index contributed by atoms with van der Waals surface area (Å²) in [6, 6.07) is 17.1. The highest BCUT2D eigenvalue weighted by atomic mass is 32.2. The van der Waals surface area contributed by atoms with E-state index in [4.69, 9.17) is 21.6 Å². The van der Waals surface area contributed by atoms with Gasteiger partial charge in [0.15, 0.2) is 0 Å². The summed E-state index contributed by atoms with van der Waals surface area (Å²) < 4.78 is 7.27. The maximum atomic E-state index is 13.5. The van der Waals surface area contributed by atoms with E-state index in [9.17, 15) is 9.59 Å². The van der Waals surface area contributed by atoms with Crippen LogP contribution in [0.5, 0.6) is 0 Å². The third-order valence-electron chi connectivity index (χ3n) is 5.43. The van der Waals surface area contributed by atoms with Crippen molar-refractivity contribution in [3.8, 4) is 0 Å². The van der Waals surface area contributed by atoms with Gasteiger partial charge in [-0.1, -0.05) is 60.4 Å². The Hall–Kier alpha value is -3.69. The lowest BCUT2D eigenvalue weighted by Crippen LogP contribution is -2.27. The second-order valence-corrected chi connectivity index (χ2v) is 9.43. The second-order valence-electron chi connectivity index (χ2n) is 7.75. The van der Waals surface area contributed by atoms with Crippen molar-refractivity contribution in [2.24, 2.45) is 0 Å². The Labute approximate surface area is 205 Å². The number of rotatable bonds is 6. The number of aromatic nitrogens is 2. The molecule has 4 aromatic rings. The molecule has 1 aliphatic rings. The summed E-state index contributed by atoms with van der Waals surface area (Å²) in [5.74, 6) is 0.777. The summed E-state index contributed by atoms with van der Waals surface area (Å²) in [6.07, 6.45) is 4.81. The summed E-state index contributed by atoms with van der Waals surface area (Å²) in [4.78, 5) is 33.2. The number of thiocarbonyl (C=S) groups is 1. The van der Waals surface area contributed by atoms with Crippen LogP contribution in [0.2, 0.25) is 0 Å². The molecule has 170 valence electrons. The number of hydrogen-bond donors (Lipinski definition) is 1. The molecular formula is C25H20N4O3S2. The Balaban J connectivity index is 1.55. The van der Waals surface area contributed by atoms with Crippen LogP contribution in [-0.4, -0.2) is 24.5 Å². The van der Waals surface area contributed by atoms with Crippen molar-refractivity contribution in [3.63, 3.8) is 0 Å². The van der Waals surface area contributed by atoms with Gasteiger partial charge in [-0.15, -0.1) is 0 Å². The molecule has 5 rings (SSSR count). The van der Waals surface area contributed by atoms with Gasteiger partial charge < -0.3 is 9.73 Å². The van der Waals surface area contributed by atoms with Crippen LogP contribution in [0.25, 0.3) is 11.7 Å². The van der Waals surface area contributed by atoms with Crippen LogP contribution >= 0.6 is 24.0 Å². The third-order valence-corrected chi connectivity index (χ3v) is 6.81. The molecule has 1 saturated heterocycles. The minimum absolute atomic E-state index is 0.238. The Kier molecular flexibility index (Phi) is 6.04. The minimum Gasteiger partial charge on any atom is -0.467 e. The molecule has 1 amide bonds. The molecule has 0 aliphatic carbocycles. The Morgan fingerprint density at radius 2 is 1.94 bits per heavy atom. The summed E-state index contributed by atoms with van der Waals surface area (Å²) in [5.41, 5.74) is 2.52. The van der Waals surface area contributed by atoms with Crippen LogP contribution in [-0.2, 0) is 17.9 Å². The average Bonchev–Trinajstić information content (AvgIpc) is 3.45. The van der Waals surface area contributed by atoms with Crippen LogP contribution in [0.15, 0.2) is 81.2 Å². The number of nitrogens with one attached hydrogen (secondary N) is 1. The molecule has 1 aromatic carbocycles. The smallest absolute Gasteiger partial charge is 0.267 e. The zero-order chi connectivity index (χ0) is 23.7. The number of nitrogens with zero attached hydrogens (tertiary/aromatic N) is 3. The van der Waals surface area contributed by atoms with Gasteiger partial charge in [-0.25, -0.2) is 4.98 Å². The van der Waals surface area contributed by atoms with E-state index in [0.717, 1.165) is 22.9 Å². The number of carbonyl (C=O) groups excluding carboxylic acids is 1. The van der Waals surface area contributed by atoms with E-state index in [1.165, 1.54) is 9.30 Å². The number of fused-ring (bicyclic) bond motifs is 1. The molecule has 0 radical (unpaired) electrons. The highest BCUT2D eigenvalue weighted by Crippen LogP contribution is 2.34. The molecule has 0 spiro atoms. The number of carbonyl (C=O) groups is 1. The lowest BCUT2D eigenvalue weighted by molar-refractivity contribution is -0.122. The SMILES string of the molecule is Cc1cccn2c(=O)c(/C=C3\SC(=S)N(Cc4ccco4)C3=O)c(NCc3ccccc3)nc12. The normalized spacial score (nSPS) is 15.0. The van der Waals surface area contributed by atoms with Crippen molar-refractivity contribution in [2.45, 2.75) is 20.0 Å². The fourth-order valence-corrected chi connectivity index (χ4v) is 4.92. The molecule has 0 bridgehead atoms. The van der Waals surface area contributed by atoms with Crippen LogP contribution in [0.4, 0.5) is 5.82 Å². The molecule has 34 heavy (non-hydrogen) atoms. The van der Waals surface area contributed by atoms with Gasteiger partial charge in [0.25, 0.3) is 11.5 Å². The first kappa shape index (κ1) is 22.1. The zero-order valence-corrected chi connectivity index (χ0v) is 19.9. The summed E-state index contributed by atoms with van der Waals surface area (Å²) >= 11 is 6.59. The molecule has 1 fully saturated rings. The number of thioether (sulfide) groups is 1. The number of furan rings is 1. The van der Waals surface area contributed by atoms with Crippen LogP contribution in [0.1, 0.15) is 22.5 Å². The molecule has 0 saturated carbocycles. The standard InChI is InChI=1S/C25H20N4O3S2/c1-16-7-5-11-28-22(16)27-21(26-14-17-8-3-2-4-9-17)19(23(28)30)13-20-24(31)29(25(33)34-20)15-18-10-6-12-32-18/h2-13,26H,14-15H2,1H3/b20-13-. The van der Waals surface area contributed by atoms with Crippen LogP contribution < -0.4 is 10.9 Å². The number of pyridine rings is 1. The minimum atomic E-state index is -0.269. The Morgan fingerprint density at radius 1 is 1.12 bits per heavy atom. The predicted molar refractivity (Wildman–Crippen MR) is 137 cm³/mol. The Morgan fingerprint density at radius 3 is 2.71 bits per heavy atom. The van der Waals surface area contributed by atoms with E-state index in [1.807, 2.05) is 43.3 Å². The summed E-state index contributed by atoms with van der Waals surface area (Å²) in [5, 5.41) is 3.29. The van der Waals surface area contributed by atoms with Gasteiger partial charge in [-0.3, -0.25) is 18.9 Å². The molecule has 1 N–H and O–H groups in total. The molecule has 0 atom stereocenters. The number of amides is 1. The van der Waals surface area contributed by atoms with Gasteiger partial charge >= 0.3 is 0 Å². The number of benzene rings is 1. The van der Waals surface area contributed by atoms with E-state index < -0.39 is 0 Å². The summed E-state index contributed by atoms with van der Waals surface area (Å²) in [7, 11) is 0. The lowest BCUT2D eigenvalue weighted by atomic mass is 10.2. The topological polar surface area (TPSA) is 79.8 Å². The molecule has 9 heteroatoms. The maximum Gasteiger partial charge on any atom is 0.267 e. The number of hydrogen-bond acceptors (Lipinski definition) is 7. The third kappa shape index (κ3) is 4.27. The van der Waals surface area contributed by atoms with E-state index in [-0.39, 0.29) is 18.0 Å². The lowest BCUT2D eigenvalue weighted by Gasteiger charge is -2.13. The number of aryl methyl sites for hydroxylation is 1. The first-order valence-corrected chi connectivity index (χ1v) is 11.8. The molecule has 3 aromatic heterocycles. The van der Waals surface area contributed by atoms with Gasteiger partial charge in [0.05, 0.1) is 23.3 Å². The molecule has 0 unspecified atom stereocenters. The van der Waals surface area contributed by atoms with Crippen molar-refractivity contribution in [2.75, 3.05) is 5.32 Å². The van der Waals surface area contributed by atoms with Crippen molar-refractivity contribution in [1.82, 2.24) is 14.3 Å². The van der Waals surface area contributed by atoms with E-state index in [2.05, 4.69) is 5.32 Å². The zero-order valence-electron chi connectivity index (χ0n) is 18.2. The van der Waals surface area contributed by atoms with Gasteiger partial charge in [-0.05, 0) is 42.3 Å². The van der Waals surface area contributed by atoms with Gasteiger partial charge in [0.1, 0.15) is 21.5 Å². The maximum absolute atomic E-state index is 13.5. The van der Waals surface area contributed by atoms with Gasteiger partial charge in [-0.2, -0.15) is 0 Å². The molecule has 7 nitrogen and oxygen atoms in total. The van der Waals surface area contributed by atoms with Crippen molar-refractivity contribution in [3.05, 3.63) is 105 Å². The fraction of sp³-hybridized carbons (Fsp3) is 0.120. The fourth-order valence-electron chi connectivity index (χ4n) is 3.68. The molecule has 4 heterocycles. The van der Waals surface area contributed by atoms with Crippen molar-refractivity contribution in [1.29, 1.82) is 0 Å². The Bertz CT molecular complexity index is 1480. The van der Waals surface area contributed by atoms with E-state index in [1.54, 1.807) is 36.7 Å². The largest absolute Gasteiger partial charge is 0.467 e. The molecule has 1 aliphatic heterocycles. The van der Waals surface area contributed by atoms with E-state index in [0.29, 0.717) is 38.6 Å². The first-order valence-electron chi connectivity index (χ1n) is 10.6. The molecular weight excluding hydrogens is 468 g/mol. The first-order chi connectivity index (χ1) is 16.5. The number of anilines is 1. The monoisotopic (exact) mass is 488 g/mol. The van der Waals surface area contributed by atoms with Crippen LogP contribution in [0, 0.1) is 6.92 Å². The van der Waals surface area contributed by atoms with Gasteiger partial charge in [0, 0.05) is 12.7 Å². The summed E-state index contributed by atoms with van der Waals surface area (Å²) in [6.45, 7) is 2.63. The van der Waals surface area contributed by atoms with Gasteiger partial charge in [0.2, 0.25) is 0 Å². The second kappa shape index (κ2) is 9.28. The van der Waals surface area contributed by atoms with E-state index >= 15 is 0 Å². The highest BCUT2D eigenvalue weighted by Gasteiger charge is 2.33. The average molecular weight is 489 g/mol. The predicted octanol–water partition coefficient (Wildman–Crippen LogP) is 4.61. The van der Waals surface area contributed by atoms with Crippen molar-refractivity contribution < 1.29 is 9.21 Å².